The van der Waals surface area contributed by atoms with Crippen LogP contribution in [0.4, 0.5) is 4.39 Å². The molecule has 0 aromatic heterocycles. The Hall–Kier alpha value is -1.39. The molecule has 1 unspecified atom stereocenters. The van der Waals surface area contributed by atoms with E-state index in [0.29, 0.717) is 10.9 Å². The first-order valence-corrected chi connectivity index (χ1v) is 6.73. The van der Waals surface area contributed by atoms with Gasteiger partial charge in [-0.1, -0.05) is 24.3 Å². The summed E-state index contributed by atoms with van der Waals surface area (Å²) in [7, 11) is 1.63. The Morgan fingerprint density at radius 2 is 2.00 bits per heavy atom. The zero-order valence-corrected chi connectivity index (χ0v) is 12.2. The Morgan fingerprint density at radius 1 is 1.26 bits per heavy atom. The van der Waals surface area contributed by atoms with Crippen LogP contribution in [0.15, 0.2) is 46.9 Å². The van der Waals surface area contributed by atoms with E-state index in [0.717, 1.165) is 16.9 Å². The minimum Gasteiger partial charge on any atom is -0.496 e. The molecule has 0 aliphatic carbocycles. The van der Waals surface area contributed by atoms with Gasteiger partial charge in [0.15, 0.2) is 0 Å². The van der Waals surface area contributed by atoms with Gasteiger partial charge in [0.2, 0.25) is 0 Å². The molecular formula is C15H15BrFNO. The van der Waals surface area contributed by atoms with Crippen molar-refractivity contribution in [3.63, 3.8) is 0 Å². The van der Waals surface area contributed by atoms with Gasteiger partial charge in [0.25, 0.3) is 0 Å². The number of ether oxygens (including phenoxy) is 1. The number of nitrogens with two attached hydrogens (primary N) is 1. The molecule has 0 fully saturated rings. The van der Waals surface area contributed by atoms with Gasteiger partial charge in [-0.15, -0.1) is 0 Å². The summed E-state index contributed by atoms with van der Waals surface area (Å²) in [6.45, 7) is 0. The SMILES string of the molecule is COc1ccccc1C(N)Cc1ccc(F)c(Br)c1. The van der Waals surface area contributed by atoms with Crippen LogP contribution in [0, 0.1) is 5.82 Å². The predicted octanol–water partition coefficient (Wildman–Crippen LogP) is 3.84. The van der Waals surface area contributed by atoms with Crippen molar-refractivity contribution in [1.29, 1.82) is 0 Å². The second kappa shape index (κ2) is 6.17. The quantitative estimate of drug-likeness (QED) is 0.927. The van der Waals surface area contributed by atoms with E-state index in [-0.39, 0.29) is 11.9 Å². The summed E-state index contributed by atoms with van der Waals surface area (Å²) in [5, 5.41) is 0. The molecule has 1 atom stereocenters. The summed E-state index contributed by atoms with van der Waals surface area (Å²) < 4.78 is 18.9. The van der Waals surface area contributed by atoms with Crippen LogP contribution >= 0.6 is 15.9 Å². The van der Waals surface area contributed by atoms with Crippen LogP contribution < -0.4 is 10.5 Å². The van der Waals surface area contributed by atoms with E-state index in [1.54, 1.807) is 19.2 Å². The van der Waals surface area contributed by atoms with Crippen molar-refractivity contribution < 1.29 is 9.13 Å². The molecule has 0 spiro atoms. The third kappa shape index (κ3) is 3.33. The normalized spacial score (nSPS) is 12.2. The van der Waals surface area contributed by atoms with E-state index >= 15 is 0 Å². The van der Waals surface area contributed by atoms with Crippen molar-refractivity contribution in [3.05, 3.63) is 63.9 Å². The second-order valence-electron chi connectivity index (χ2n) is 4.30. The predicted molar refractivity (Wildman–Crippen MR) is 77.7 cm³/mol. The van der Waals surface area contributed by atoms with Crippen LogP contribution in [0.1, 0.15) is 17.2 Å². The molecule has 2 nitrogen and oxygen atoms in total. The molecule has 0 aliphatic rings. The molecule has 100 valence electrons. The fraction of sp³-hybridized carbons (Fsp3) is 0.200. The molecule has 0 aliphatic heterocycles. The van der Waals surface area contributed by atoms with Crippen LogP contribution in [0.25, 0.3) is 0 Å². The minimum atomic E-state index is -0.269. The zero-order valence-electron chi connectivity index (χ0n) is 10.6. The molecule has 0 amide bonds. The Balaban J connectivity index is 2.20. The molecule has 19 heavy (non-hydrogen) atoms. The lowest BCUT2D eigenvalue weighted by molar-refractivity contribution is 0.405. The summed E-state index contributed by atoms with van der Waals surface area (Å²) in [4.78, 5) is 0. The fourth-order valence-corrected chi connectivity index (χ4v) is 2.43. The molecule has 0 bridgehead atoms. The maximum atomic E-state index is 13.2. The largest absolute Gasteiger partial charge is 0.496 e. The Kier molecular flexibility index (Phi) is 4.56. The van der Waals surface area contributed by atoms with E-state index in [2.05, 4.69) is 15.9 Å². The first-order chi connectivity index (χ1) is 9.11. The number of methoxy groups -OCH3 is 1. The Labute approximate surface area is 120 Å². The smallest absolute Gasteiger partial charge is 0.137 e. The highest BCUT2D eigenvalue weighted by atomic mass is 79.9. The van der Waals surface area contributed by atoms with Crippen molar-refractivity contribution in [3.8, 4) is 5.75 Å². The highest BCUT2D eigenvalue weighted by Crippen LogP contribution is 2.26. The van der Waals surface area contributed by atoms with E-state index in [9.17, 15) is 4.39 Å². The highest BCUT2D eigenvalue weighted by Gasteiger charge is 2.12. The molecule has 0 heterocycles. The first-order valence-electron chi connectivity index (χ1n) is 5.94. The Morgan fingerprint density at radius 3 is 2.68 bits per heavy atom. The van der Waals surface area contributed by atoms with Gasteiger partial charge in [-0.3, -0.25) is 0 Å². The van der Waals surface area contributed by atoms with Gasteiger partial charge in [0.05, 0.1) is 11.6 Å². The highest BCUT2D eigenvalue weighted by molar-refractivity contribution is 9.10. The number of benzene rings is 2. The fourth-order valence-electron chi connectivity index (χ4n) is 2.00. The summed E-state index contributed by atoms with van der Waals surface area (Å²) in [6.07, 6.45) is 0.624. The average Bonchev–Trinajstić information content (AvgIpc) is 2.43. The molecule has 0 saturated carbocycles. The van der Waals surface area contributed by atoms with Crippen LogP contribution in [0.3, 0.4) is 0 Å². The molecule has 0 radical (unpaired) electrons. The van der Waals surface area contributed by atoms with Crippen molar-refractivity contribution in [2.75, 3.05) is 7.11 Å². The lowest BCUT2D eigenvalue weighted by atomic mass is 9.99. The molecule has 0 saturated heterocycles. The lowest BCUT2D eigenvalue weighted by Gasteiger charge is -2.15. The van der Waals surface area contributed by atoms with Gasteiger partial charge in [-0.2, -0.15) is 0 Å². The van der Waals surface area contributed by atoms with Gasteiger partial charge in [0.1, 0.15) is 11.6 Å². The van der Waals surface area contributed by atoms with Gasteiger partial charge in [0, 0.05) is 11.6 Å². The van der Waals surface area contributed by atoms with Crippen LogP contribution in [0.5, 0.6) is 5.75 Å². The third-order valence-electron chi connectivity index (χ3n) is 2.98. The van der Waals surface area contributed by atoms with Gasteiger partial charge in [-0.05, 0) is 46.1 Å². The number of para-hydroxylation sites is 1. The molecule has 4 heteroatoms. The van der Waals surface area contributed by atoms with Crippen LogP contribution in [-0.4, -0.2) is 7.11 Å². The summed E-state index contributed by atoms with van der Waals surface area (Å²) in [6, 6.07) is 12.4. The molecule has 2 rings (SSSR count). The lowest BCUT2D eigenvalue weighted by Crippen LogP contribution is -2.14. The van der Waals surface area contributed by atoms with E-state index < -0.39 is 0 Å². The van der Waals surface area contributed by atoms with E-state index in [1.807, 2.05) is 24.3 Å². The zero-order chi connectivity index (χ0) is 13.8. The maximum absolute atomic E-state index is 13.2. The molecule has 2 aromatic carbocycles. The minimum absolute atomic E-state index is 0.187. The third-order valence-corrected chi connectivity index (χ3v) is 3.59. The van der Waals surface area contributed by atoms with Crippen molar-refractivity contribution >= 4 is 15.9 Å². The molecule has 2 aromatic rings. The van der Waals surface area contributed by atoms with E-state index in [4.69, 9.17) is 10.5 Å². The maximum Gasteiger partial charge on any atom is 0.137 e. The summed E-state index contributed by atoms with van der Waals surface area (Å²) in [5.74, 6) is 0.505. The van der Waals surface area contributed by atoms with Crippen molar-refractivity contribution in [1.82, 2.24) is 0 Å². The molecule has 2 N–H and O–H groups in total. The van der Waals surface area contributed by atoms with E-state index in [1.165, 1.54) is 6.07 Å². The van der Waals surface area contributed by atoms with Gasteiger partial charge >= 0.3 is 0 Å². The van der Waals surface area contributed by atoms with Crippen LogP contribution in [-0.2, 0) is 6.42 Å². The van der Waals surface area contributed by atoms with Crippen molar-refractivity contribution in [2.24, 2.45) is 5.73 Å². The standard InChI is InChI=1S/C15H15BrFNO/c1-19-15-5-3-2-4-11(15)14(18)9-10-6-7-13(17)12(16)8-10/h2-8,14H,9,18H2,1H3. The number of rotatable bonds is 4. The van der Waals surface area contributed by atoms with Crippen molar-refractivity contribution in [2.45, 2.75) is 12.5 Å². The first kappa shape index (κ1) is 14.0. The molecular weight excluding hydrogens is 309 g/mol. The number of hydrogen-bond donors (Lipinski definition) is 1. The number of halogens is 2. The van der Waals surface area contributed by atoms with Gasteiger partial charge < -0.3 is 10.5 Å². The van der Waals surface area contributed by atoms with Crippen LogP contribution in [0.2, 0.25) is 0 Å². The Bertz CT molecular complexity index is 574. The average molecular weight is 324 g/mol. The summed E-state index contributed by atoms with van der Waals surface area (Å²) >= 11 is 3.18. The van der Waals surface area contributed by atoms with Gasteiger partial charge in [-0.25, -0.2) is 4.39 Å². The number of hydrogen-bond acceptors (Lipinski definition) is 2. The summed E-state index contributed by atoms with van der Waals surface area (Å²) in [5.41, 5.74) is 8.13. The topological polar surface area (TPSA) is 35.2 Å². The monoisotopic (exact) mass is 323 g/mol. The second-order valence-corrected chi connectivity index (χ2v) is 5.16.